The number of phosphoric acid groups is 1. The van der Waals surface area contributed by atoms with E-state index in [0.717, 1.165) is 31.2 Å². The molecule has 7 N–H and O–H groups in total. The molecule has 6 amide bonds. The molecule has 2 aromatic carbocycles. The van der Waals surface area contributed by atoms with Crippen molar-refractivity contribution in [3.63, 3.8) is 0 Å². The standard InChI is InChI=1S/C50H73N8O10P/c1-3-4-5-6-7-8-9-10-11-12-13-14-18-21-46(60)54-42(30-37-22-25-41(26-23-37)68-69(65,66)67)48(62)56-44-34-57(36(2)59)29-28-40-24-27-45(58(40)50(44)64)49(63)55-43(31-39-33-51-35-53-39)47(61)52-32-38-19-16-15-17-20-38/h15-17,19-20,22-23,25-26,33,35,40,42-45H,3-14,18,21,24,27-32,34H2,1-2H3,(H,51,53)(H,52,61)(H,54,60)(H,55,63)(H,56,62)(H2,65,66,67)/t40-,42+,43+,44+,45+/m1/s1. The van der Waals surface area contributed by atoms with Gasteiger partial charge in [0.2, 0.25) is 35.4 Å². The Morgan fingerprint density at radius 1 is 0.797 bits per heavy atom. The molecule has 0 aliphatic carbocycles. The first-order valence-corrected chi connectivity index (χ1v) is 26.3. The fourth-order valence-electron chi connectivity index (χ4n) is 9.14. The van der Waals surface area contributed by atoms with Gasteiger partial charge in [0.15, 0.2) is 0 Å². The minimum atomic E-state index is -4.83. The van der Waals surface area contributed by atoms with E-state index < -0.39 is 61.7 Å². The molecule has 0 spiro atoms. The molecule has 1 aromatic heterocycles. The second kappa shape index (κ2) is 28.2. The maximum atomic E-state index is 14.8. The monoisotopic (exact) mass is 977 g/mol. The molecule has 2 aliphatic rings. The van der Waals surface area contributed by atoms with Gasteiger partial charge >= 0.3 is 7.82 Å². The number of hydrogen-bond acceptors (Lipinski definition) is 9. The number of nitrogens with zero attached hydrogens (tertiary/aromatic N) is 3. The number of imidazole rings is 1. The lowest BCUT2D eigenvalue weighted by Crippen LogP contribution is -2.63. The van der Waals surface area contributed by atoms with Crippen molar-refractivity contribution in [2.45, 2.75) is 173 Å². The summed E-state index contributed by atoms with van der Waals surface area (Å²) in [4.78, 5) is 112. The summed E-state index contributed by atoms with van der Waals surface area (Å²) in [6.07, 6.45) is 19.3. The van der Waals surface area contributed by atoms with E-state index in [1.165, 1.54) is 98.7 Å². The van der Waals surface area contributed by atoms with Crippen LogP contribution in [0.25, 0.3) is 0 Å². The summed E-state index contributed by atoms with van der Waals surface area (Å²) in [7, 11) is -4.83. The normalized spacial score (nSPS) is 18.0. The number of phosphoric ester groups is 1. The molecule has 378 valence electrons. The molecule has 0 radical (unpaired) electrons. The first-order valence-electron chi connectivity index (χ1n) is 24.8. The van der Waals surface area contributed by atoms with Gasteiger partial charge < -0.3 is 40.6 Å². The van der Waals surface area contributed by atoms with Crippen molar-refractivity contribution < 1.29 is 47.6 Å². The average molecular weight is 977 g/mol. The number of nitrogens with one attached hydrogen (secondary N) is 5. The van der Waals surface area contributed by atoms with Crippen LogP contribution in [0.4, 0.5) is 0 Å². The number of aromatic amines is 1. The van der Waals surface area contributed by atoms with Gasteiger partial charge in [-0.25, -0.2) is 9.55 Å². The van der Waals surface area contributed by atoms with Crippen molar-refractivity contribution >= 4 is 43.3 Å². The van der Waals surface area contributed by atoms with Crippen LogP contribution in [0.15, 0.2) is 67.1 Å². The molecule has 3 heterocycles. The van der Waals surface area contributed by atoms with Gasteiger partial charge in [0.25, 0.3) is 0 Å². The highest BCUT2D eigenvalue weighted by Crippen LogP contribution is 2.37. The van der Waals surface area contributed by atoms with Crippen LogP contribution in [-0.4, -0.2) is 108 Å². The van der Waals surface area contributed by atoms with E-state index in [1.54, 1.807) is 6.20 Å². The van der Waals surface area contributed by atoms with Crippen LogP contribution in [0.2, 0.25) is 0 Å². The van der Waals surface area contributed by atoms with Gasteiger partial charge in [0, 0.05) is 63.8 Å². The van der Waals surface area contributed by atoms with E-state index in [9.17, 15) is 43.1 Å². The van der Waals surface area contributed by atoms with Gasteiger partial charge in [-0.15, -0.1) is 0 Å². The lowest BCUT2D eigenvalue weighted by molar-refractivity contribution is -0.147. The first-order chi connectivity index (χ1) is 33.2. The molecule has 5 atom stereocenters. The third kappa shape index (κ3) is 18.7. The van der Waals surface area contributed by atoms with Crippen molar-refractivity contribution in [1.82, 2.24) is 41.0 Å². The van der Waals surface area contributed by atoms with Crippen LogP contribution in [0.1, 0.15) is 140 Å². The van der Waals surface area contributed by atoms with Crippen molar-refractivity contribution in [3.8, 4) is 5.75 Å². The average Bonchev–Trinajstić information content (AvgIpc) is 4.00. The molecular weight excluding hydrogens is 904 g/mol. The number of aromatic nitrogens is 2. The lowest BCUT2D eigenvalue weighted by atomic mass is 10.0. The molecular formula is C50H73N8O10P. The Morgan fingerprint density at radius 3 is 2.04 bits per heavy atom. The predicted octanol–water partition coefficient (Wildman–Crippen LogP) is 5.53. The van der Waals surface area contributed by atoms with Crippen molar-refractivity contribution in [2.75, 3.05) is 13.1 Å². The Balaban J connectivity index is 1.26. The summed E-state index contributed by atoms with van der Waals surface area (Å²) >= 11 is 0. The third-order valence-corrected chi connectivity index (χ3v) is 13.4. The first kappa shape index (κ1) is 54.4. The molecule has 0 unspecified atom stereocenters. The minimum absolute atomic E-state index is 0.0505. The maximum absolute atomic E-state index is 14.8. The number of unbranched alkanes of at least 4 members (excludes halogenated alkanes) is 12. The predicted molar refractivity (Wildman–Crippen MR) is 260 cm³/mol. The SMILES string of the molecule is CCCCCCCCCCCCCCCC(=O)N[C@@H](Cc1ccc(OP(=O)(O)O)cc1)C(=O)N[C@H]1CN(C(C)=O)CC[C@H]2CC[C@@H](C(=O)N[C@@H](Cc3cnc[nH]3)C(=O)NCc3ccccc3)N2C1=O. The summed E-state index contributed by atoms with van der Waals surface area (Å²) in [5.74, 6) is -2.99. The summed E-state index contributed by atoms with van der Waals surface area (Å²) in [6.45, 7) is 3.92. The van der Waals surface area contributed by atoms with Crippen molar-refractivity contribution in [2.24, 2.45) is 0 Å². The van der Waals surface area contributed by atoms with E-state index in [-0.39, 0.29) is 62.9 Å². The Labute approximate surface area is 406 Å². The van der Waals surface area contributed by atoms with E-state index in [4.69, 9.17) is 0 Å². The van der Waals surface area contributed by atoms with Crippen molar-refractivity contribution in [1.29, 1.82) is 0 Å². The summed E-state index contributed by atoms with van der Waals surface area (Å²) in [5, 5.41) is 11.5. The third-order valence-electron chi connectivity index (χ3n) is 12.9. The zero-order chi connectivity index (χ0) is 49.6. The maximum Gasteiger partial charge on any atom is 0.524 e. The van der Waals surface area contributed by atoms with Gasteiger partial charge in [0.05, 0.1) is 6.33 Å². The lowest BCUT2D eigenvalue weighted by Gasteiger charge is -2.39. The van der Waals surface area contributed by atoms with Gasteiger partial charge in [-0.05, 0) is 48.9 Å². The number of carbonyl (C=O) groups is 6. The second-order valence-corrected chi connectivity index (χ2v) is 19.6. The molecule has 3 aromatic rings. The number of carbonyl (C=O) groups excluding carboxylic acids is 6. The second-order valence-electron chi connectivity index (χ2n) is 18.4. The number of rotatable bonds is 28. The molecule has 19 heteroatoms. The number of hydrogen-bond donors (Lipinski definition) is 7. The fourth-order valence-corrected chi connectivity index (χ4v) is 9.53. The molecule has 2 aliphatic heterocycles. The zero-order valence-corrected chi connectivity index (χ0v) is 41.1. The Hall–Kier alpha value is -5.58. The highest BCUT2D eigenvalue weighted by atomic mass is 31.2. The van der Waals surface area contributed by atoms with Gasteiger partial charge in [-0.2, -0.15) is 0 Å². The van der Waals surface area contributed by atoms with E-state index in [2.05, 4.69) is 42.7 Å². The Morgan fingerprint density at radius 2 is 1.43 bits per heavy atom. The van der Waals surface area contributed by atoms with Gasteiger partial charge in [-0.3, -0.25) is 38.6 Å². The number of amides is 6. The topological polar surface area (TPSA) is 252 Å². The van der Waals surface area contributed by atoms with E-state index in [1.807, 2.05) is 30.3 Å². The molecule has 0 saturated carbocycles. The van der Waals surface area contributed by atoms with Crippen LogP contribution in [0, 0.1) is 0 Å². The quantitative estimate of drug-likeness (QED) is 0.0352. The molecule has 0 bridgehead atoms. The van der Waals surface area contributed by atoms with E-state index >= 15 is 0 Å². The summed E-state index contributed by atoms with van der Waals surface area (Å²) in [6, 6.07) is 10.1. The van der Waals surface area contributed by atoms with Crippen molar-refractivity contribution in [3.05, 3.63) is 83.9 Å². The number of fused-ring (bicyclic) bond motifs is 1. The van der Waals surface area contributed by atoms with Crippen LogP contribution in [-0.2, 0) is 52.7 Å². The van der Waals surface area contributed by atoms with Crippen LogP contribution < -0.4 is 25.8 Å². The highest BCUT2D eigenvalue weighted by molar-refractivity contribution is 7.46. The largest absolute Gasteiger partial charge is 0.524 e. The molecule has 2 fully saturated rings. The molecule has 2 saturated heterocycles. The molecule has 69 heavy (non-hydrogen) atoms. The zero-order valence-electron chi connectivity index (χ0n) is 40.2. The minimum Gasteiger partial charge on any atom is -0.404 e. The molecule has 18 nitrogen and oxygen atoms in total. The number of H-pyrrole nitrogens is 1. The fraction of sp³-hybridized carbons (Fsp3) is 0.580. The summed E-state index contributed by atoms with van der Waals surface area (Å²) in [5.41, 5.74) is 2.01. The Bertz CT molecular complexity index is 2140. The van der Waals surface area contributed by atoms with Crippen LogP contribution in [0.5, 0.6) is 5.75 Å². The Kier molecular flexibility index (Phi) is 22.2. The number of benzene rings is 2. The van der Waals surface area contributed by atoms with Gasteiger partial charge in [0.1, 0.15) is 29.9 Å². The highest BCUT2D eigenvalue weighted by Gasteiger charge is 2.46. The van der Waals surface area contributed by atoms with Gasteiger partial charge in [-0.1, -0.05) is 126 Å². The smallest absolute Gasteiger partial charge is 0.404 e. The summed E-state index contributed by atoms with van der Waals surface area (Å²) < 4.78 is 16.1. The molecule has 5 rings (SSSR count). The van der Waals surface area contributed by atoms with Crippen LogP contribution >= 0.6 is 7.82 Å². The van der Waals surface area contributed by atoms with E-state index in [0.29, 0.717) is 30.5 Å². The van der Waals surface area contributed by atoms with Crippen LogP contribution in [0.3, 0.4) is 0 Å².